The first-order chi connectivity index (χ1) is 10.1. The van der Waals surface area contributed by atoms with Crippen molar-refractivity contribution in [3.05, 3.63) is 46.3 Å². The van der Waals surface area contributed by atoms with E-state index in [4.69, 9.17) is 0 Å². The summed E-state index contributed by atoms with van der Waals surface area (Å²) in [6.07, 6.45) is -2.44. The molecule has 2 rings (SSSR count). The van der Waals surface area contributed by atoms with Crippen molar-refractivity contribution in [1.82, 2.24) is 10.3 Å². The van der Waals surface area contributed by atoms with Gasteiger partial charge >= 0.3 is 6.18 Å². The molecule has 0 aromatic carbocycles. The predicted molar refractivity (Wildman–Crippen MR) is 80.9 cm³/mol. The molecule has 2 nitrogen and oxygen atoms in total. The Balaban J connectivity index is 1.62. The van der Waals surface area contributed by atoms with Crippen LogP contribution in [0.25, 0.3) is 0 Å². The summed E-state index contributed by atoms with van der Waals surface area (Å²) in [5.41, 5.74) is -0.707. The second kappa shape index (κ2) is 7.82. The van der Waals surface area contributed by atoms with Gasteiger partial charge in [0.1, 0.15) is 0 Å². The maximum Gasteiger partial charge on any atom is 0.417 e. The number of hydrogen-bond donors (Lipinski definition) is 1. The lowest BCUT2D eigenvalue weighted by molar-refractivity contribution is -0.137. The molecule has 2 aromatic heterocycles. The predicted octanol–water partition coefficient (Wildman–Crippen LogP) is 4.09. The average Bonchev–Trinajstić information content (AvgIpc) is 2.95. The largest absolute Gasteiger partial charge is 0.417 e. The van der Waals surface area contributed by atoms with Crippen molar-refractivity contribution in [2.24, 2.45) is 0 Å². The number of nitrogens with one attached hydrogen (secondary N) is 1. The Hall–Kier alpha value is -1.05. The lowest BCUT2D eigenvalue weighted by Gasteiger charge is -2.07. The molecule has 0 saturated heterocycles. The van der Waals surface area contributed by atoms with E-state index in [1.807, 2.05) is 6.07 Å². The highest BCUT2D eigenvalue weighted by atomic mass is 32.2. The number of rotatable bonds is 7. The number of aromatic nitrogens is 1. The number of halogens is 3. The Morgan fingerprint density at radius 2 is 2.05 bits per heavy atom. The van der Waals surface area contributed by atoms with Crippen LogP contribution in [0.1, 0.15) is 10.4 Å². The molecule has 114 valence electrons. The van der Waals surface area contributed by atoms with Crippen LogP contribution in [0.3, 0.4) is 0 Å². The second-order valence-corrected chi connectivity index (χ2v) is 6.46. The molecule has 0 fully saturated rings. The summed E-state index contributed by atoms with van der Waals surface area (Å²) in [5.74, 6) is 0.781. The molecular formula is C14H15F3N2S2. The summed E-state index contributed by atoms with van der Waals surface area (Å²) in [6.45, 7) is 1.71. The molecule has 0 saturated carbocycles. The number of pyridine rings is 1. The average molecular weight is 332 g/mol. The zero-order valence-corrected chi connectivity index (χ0v) is 12.8. The Bertz CT molecular complexity index is 524. The number of hydrogen-bond acceptors (Lipinski definition) is 4. The van der Waals surface area contributed by atoms with Gasteiger partial charge in [0.05, 0.1) is 10.6 Å². The molecule has 2 aromatic rings. The van der Waals surface area contributed by atoms with Gasteiger partial charge in [-0.3, -0.25) is 0 Å². The van der Waals surface area contributed by atoms with Crippen molar-refractivity contribution in [2.45, 2.75) is 17.6 Å². The van der Waals surface area contributed by atoms with Gasteiger partial charge in [0, 0.05) is 23.4 Å². The van der Waals surface area contributed by atoms with Gasteiger partial charge in [-0.25, -0.2) is 4.98 Å². The summed E-state index contributed by atoms with van der Waals surface area (Å²) in [6, 6.07) is 6.62. The molecule has 21 heavy (non-hydrogen) atoms. The third kappa shape index (κ3) is 5.68. The van der Waals surface area contributed by atoms with Crippen molar-refractivity contribution >= 4 is 23.1 Å². The van der Waals surface area contributed by atoms with Crippen LogP contribution in [0.2, 0.25) is 0 Å². The molecule has 1 N–H and O–H groups in total. The molecule has 7 heteroatoms. The van der Waals surface area contributed by atoms with E-state index in [9.17, 15) is 13.2 Å². The van der Waals surface area contributed by atoms with Gasteiger partial charge < -0.3 is 5.32 Å². The minimum atomic E-state index is -4.32. The van der Waals surface area contributed by atoms with Crippen LogP contribution < -0.4 is 5.32 Å². The maximum atomic E-state index is 12.4. The van der Waals surface area contributed by atoms with Crippen LogP contribution in [0, 0.1) is 0 Å². The van der Waals surface area contributed by atoms with Crippen LogP contribution in [-0.4, -0.2) is 23.8 Å². The van der Waals surface area contributed by atoms with Crippen LogP contribution in [-0.2, 0) is 12.6 Å². The second-order valence-electron chi connectivity index (χ2n) is 4.31. The molecule has 0 aliphatic rings. The Kier molecular flexibility index (Phi) is 6.08. The molecule has 0 radical (unpaired) electrons. The van der Waals surface area contributed by atoms with Crippen LogP contribution in [0.5, 0.6) is 0 Å². The van der Waals surface area contributed by atoms with Crippen LogP contribution in [0.4, 0.5) is 13.2 Å². The smallest absolute Gasteiger partial charge is 0.316 e. The minimum Gasteiger partial charge on any atom is -0.316 e. The summed E-state index contributed by atoms with van der Waals surface area (Å²) < 4.78 is 37.1. The Morgan fingerprint density at radius 1 is 1.19 bits per heavy atom. The van der Waals surface area contributed by atoms with E-state index < -0.39 is 11.7 Å². The molecule has 0 unspecified atom stereocenters. The van der Waals surface area contributed by atoms with E-state index >= 15 is 0 Å². The first kappa shape index (κ1) is 16.3. The zero-order chi connectivity index (χ0) is 15.1. The van der Waals surface area contributed by atoms with E-state index in [-0.39, 0.29) is 0 Å². The topological polar surface area (TPSA) is 24.9 Å². The summed E-state index contributed by atoms with van der Waals surface area (Å²) >= 11 is 3.19. The number of nitrogens with zero attached hydrogens (tertiary/aromatic N) is 1. The van der Waals surface area contributed by atoms with Gasteiger partial charge in [-0.05, 0) is 36.5 Å². The lowest BCUT2D eigenvalue weighted by atomic mass is 10.3. The Labute approximate surface area is 129 Å². The van der Waals surface area contributed by atoms with Gasteiger partial charge in [-0.1, -0.05) is 6.07 Å². The Morgan fingerprint density at radius 3 is 2.67 bits per heavy atom. The number of thioether (sulfide) groups is 1. The van der Waals surface area contributed by atoms with Crippen LogP contribution in [0.15, 0.2) is 40.9 Å². The summed E-state index contributed by atoms with van der Waals surface area (Å²) in [7, 11) is 0. The van der Waals surface area contributed by atoms with Gasteiger partial charge in [0.2, 0.25) is 0 Å². The SMILES string of the molecule is FC(F)(F)c1ccc(SCCNCCc2cccs2)nc1. The molecule has 0 aliphatic carbocycles. The first-order valence-corrected chi connectivity index (χ1v) is 8.31. The first-order valence-electron chi connectivity index (χ1n) is 6.45. The van der Waals surface area contributed by atoms with Crippen molar-refractivity contribution in [3.63, 3.8) is 0 Å². The normalized spacial score (nSPS) is 11.8. The van der Waals surface area contributed by atoms with Gasteiger partial charge in [0.25, 0.3) is 0 Å². The fourth-order valence-electron chi connectivity index (χ4n) is 1.65. The van der Waals surface area contributed by atoms with E-state index in [1.54, 1.807) is 11.3 Å². The quantitative estimate of drug-likeness (QED) is 0.611. The third-order valence-electron chi connectivity index (χ3n) is 2.72. The molecule has 0 amide bonds. The molecule has 0 spiro atoms. The fraction of sp³-hybridized carbons (Fsp3) is 0.357. The van der Waals surface area contributed by atoms with Gasteiger partial charge in [0.15, 0.2) is 0 Å². The van der Waals surface area contributed by atoms with E-state index in [0.29, 0.717) is 5.03 Å². The number of alkyl halides is 3. The molecule has 0 aliphatic heterocycles. The van der Waals surface area contributed by atoms with Crippen molar-refractivity contribution in [3.8, 4) is 0 Å². The van der Waals surface area contributed by atoms with Gasteiger partial charge in [-0.15, -0.1) is 23.1 Å². The molecule has 0 atom stereocenters. The van der Waals surface area contributed by atoms with E-state index in [0.717, 1.165) is 37.5 Å². The highest BCUT2D eigenvalue weighted by Gasteiger charge is 2.30. The van der Waals surface area contributed by atoms with Gasteiger partial charge in [-0.2, -0.15) is 13.2 Å². The molecule has 2 heterocycles. The summed E-state index contributed by atoms with van der Waals surface area (Å²) in [5, 5.41) is 5.98. The lowest BCUT2D eigenvalue weighted by Crippen LogP contribution is -2.19. The van der Waals surface area contributed by atoms with E-state index in [1.165, 1.54) is 22.7 Å². The van der Waals surface area contributed by atoms with Crippen molar-refractivity contribution in [2.75, 3.05) is 18.8 Å². The van der Waals surface area contributed by atoms with E-state index in [2.05, 4.69) is 21.7 Å². The van der Waals surface area contributed by atoms with Crippen LogP contribution >= 0.6 is 23.1 Å². The monoisotopic (exact) mass is 332 g/mol. The maximum absolute atomic E-state index is 12.4. The number of thiophene rings is 1. The molecule has 0 bridgehead atoms. The third-order valence-corrected chi connectivity index (χ3v) is 4.60. The highest BCUT2D eigenvalue weighted by molar-refractivity contribution is 7.99. The van der Waals surface area contributed by atoms with Crippen molar-refractivity contribution < 1.29 is 13.2 Å². The van der Waals surface area contributed by atoms with Crippen molar-refractivity contribution in [1.29, 1.82) is 0 Å². The minimum absolute atomic E-state index is 0.614. The fourth-order valence-corrected chi connectivity index (χ4v) is 3.11. The summed E-state index contributed by atoms with van der Waals surface area (Å²) in [4.78, 5) is 5.17. The standard InChI is InChI=1S/C14H15F3N2S2/c15-14(16,17)11-3-4-13(19-10-11)21-9-7-18-6-5-12-2-1-8-20-12/h1-4,8,10,18H,5-7,9H2. The zero-order valence-electron chi connectivity index (χ0n) is 11.2. The highest BCUT2D eigenvalue weighted by Crippen LogP contribution is 2.29. The molecular weight excluding hydrogens is 317 g/mol.